The summed E-state index contributed by atoms with van der Waals surface area (Å²) in [7, 11) is 0. The molecule has 2 nitrogen and oxygen atoms in total. The molecule has 0 aromatic heterocycles. The van der Waals surface area contributed by atoms with Crippen molar-refractivity contribution in [1.29, 1.82) is 0 Å². The highest BCUT2D eigenvalue weighted by molar-refractivity contribution is 4.88. The van der Waals surface area contributed by atoms with Gasteiger partial charge in [0.25, 0.3) is 0 Å². The van der Waals surface area contributed by atoms with Crippen molar-refractivity contribution in [2.75, 3.05) is 13.1 Å². The average molecular weight is 252 g/mol. The highest BCUT2D eigenvalue weighted by Crippen LogP contribution is 2.32. The van der Waals surface area contributed by atoms with Gasteiger partial charge in [0.15, 0.2) is 0 Å². The third kappa shape index (κ3) is 4.24. The highest BCUT2D eigenvalue weighted by Gasteiger charge is 2.32. The van der Waals surface area contributed by atoms with Crippen LogP contribution in [0, 0.1) is 11.3 Å². The van der Waals surface area contributed by atoms with Crippen LogP contribution in [0.1, 0.15) is 65.7 Å². The number of hydrogen-bond donors (Lipinski definition) is 1. The van der Waals surface area contributed by atoms with Gasteiger partial charge >= 0.3 is 0 Å². The molecular weight excluding hydrogens is 220 g/mol. The first-order valence-corrected chi connectivity index (χ1v) is 7.94. The third-order valence-corrected chi connectivity index (χ3v) is 4.59. The zero-order valence-corrected chi connectivity index (χ0v) is 12.6. The number of nitrogens with two attached hydrogens (primary N) is 1. The summed E-state index contributed by atoms with van der Waals surface area (Å²) < 4.78 is 0. The molecule has 0 aromatic rings. The van der Waals surface area contributed by atoms with E-state index in [1.54, 1.807) is 0 Å². The van der Waals surface area contributed by atoms with Crippen LogP contribution in [0.3, 0.4) is 0 Å². The van der Waals surface area contributed by atoms with Crippen molar-refractivity contribution >= 4 is 0 Å². The second-order valence-electron chi connectivity index (χ2n) is 7.87. The summed E-state index contributed by atoms with van der Waals surface area (Å²) in [4.78, 5) is 2.73. The molecule has 106 valence electrons. The second-order valence-corrected chi connectivity index (χ2v) is 7.87. The van der Waals surface area contributed by atoms with Gasteiger partial charge in [-0.2, -0.15) is 0 Å². The van der Waals surface area contributed by atoms with Crippen LogP contribution in [0.25, 0.3) is 0 Å². The Hall–Kier alpha value is -0.0800. The highest BCUT2D eigenvalue weighted by atomic mass is 15.2. The largest absolute Gasteiger partial charge is 0.327 e. The van der Waals surface area contributed by atoms with E-state index in [2.05, 4.69) is 25.7 Å². The van der Waals surface area contributed by atoms with Crippen LogP contribution < -0.4 is 5.73 Å². The summed E-state index contributed by atoms with van der Waals surface area (Å²) in [5.41, 5.74) is 6.74. The van der Waals surface area contributed by atoms with Gasteiger partial charge in [-0.3, -0.25) is 4.90 Å². The predicted octanol–water partition coefficient (Wildman–Crippen LogP) is 3.40. The standard InChI is InChI=1S/C16H32N2/c1-16(2,3)10-13-9-14(17)12-18(11-13)15-7-5-4-6-8-15/h13-15H,4-12,17H2,1-3H3. The van der Waals surface area contributed by atoms with Crippen LogP contribution >= 0.6 is 0 Å². The van der Waals surface area contributed by atoms with Gasteiger partial charge in [-0.05, 0) is 37.0 Å². The quantitative estimate of drug-likeness (QED) is 0.816. The van der Waals surface area contributed by atoms with Crippen molar-refractivity contribution in [1.82, 2.24) is 4.90 Å². The lowest BCUT2D eigenvalue weighted by atomic mass is 9.79. The first kappa shape index (κ1) is 14.3. The number of nitrogens with zero attached hydrogens (tertiary/aromatic N) is 1. The Morgan fingerprint density at radius 3 is 2.33 bits per heavy atom. The molecule has 2 N–H and O–H groups in total. The van der Waals surface area contributed by atoms with Crippen LogP contribution in [0.4, 0.5) is 0 Å². The van der Waals surface area contributed by atoms with Crippen molar-refractivity contribution in [2.45, 2.75) is 77.8 Å². The maximum atomic E-state index is 6.30. The monoisotopic (exact) mass is 252 g/mol. The predicted molar refractivity (Wildman–Crippen MR) is 78.6 cm³/mol. The van der Waals surface area contributed by atoms with Gasteiger partial charge in [0.2, 0.25) is 0 Å². The van der Waals surface area contributed by atoms with Crippen LogP contribution in [-0.4, -0.2) is 30.1 Å². The van der Waals surface area contributed by atoms with Crippen molar-refractivity contribution in [3.05, 3.63) is 0 Å². The molecule has 2 rings (SSSR count). The molecule has 0 spiro atoms. The van der Waals surface area contributed by atoms with Crippen LogP contribution in [-0.2, 0) is 0 Å². The second kappa shape index (κ2) is 5.92. The Balaban J connectivity index is 1.91. The average Bonchev–Trinajstić information content (AvgIpc) is 2.27. The molecule has 2 atom stereocenters. The zero-order chi connectivity index (χ0) is 13.2. The van der Waals surface area contributed by atoms with E-state index in [0.717, 1.165) is 18.5 Å². The SMILES string of the molecule is CC(C)(C)CC1CC(N)CN(C2CCCCC2)C1. The van der Waals surface area contributed by atoms with E-state index < -0.39 is 0 Å². The van der Waals surface area contributed by atoms with E-state index in [0.29, 0.717) is 11.5 Å². The van der Waals surface area contributed by atoms with Crippen LogP contribution in [0.5, 0.6) is 0 Å². The normalized spacial score (nSPS) is 32.7. The molecule has 18 heavy (non-hydrogen) atoms. The molecule has 2 fully saturated rings. The minimum absolute atomic E-state index is 0.410. The first-order chi connectivity index (χ1) is 8.44. The molecule has 2 heteroatoms. The molecule has 1 saturated carbocycles. The Morgan fingerprint density at radius 2 is 1.72 bits per heavy atom. The number of hydrogen-bond acceptors (Lipinski definition) is 2. The summed E-state index contributed by atoms with van der Waals surface area (Å²) in [6, 6.07) is 1.25. The smallest absolute Gasteiger partial charge is 0.0171 e. The van der Waals surface area contributed by atoms with E-state index in [9.17, 15) is 0 Å². The molecule has 0 amide bonds. The first-order valence-electron chi connectivity index (χ1n) is 7.94. The molecule has 0 aromatic carbocycles. The fraction of sp³-hybridized carbons (Fsp3) is 1.00. The Morgan fingerprint density at radius 1 is 1.06 bits per heavy atom. The van der Waals surface area contributed by atoms with E-state index >= 15 is 0 Å². The molecule has 1 heterocycles. The summed E-state index contributed by atoms with van der Waals surface area (Å²) >= 11 is 0. The van der Waals surface area contributed by atoms with Gasteiger partial charge in [0, 0.05) is 25.2 Å². The van der Waals surface area contributed by atoms with Crippen LogP contribution in [0.15, 0.2) is 0 Å². The fourth-order valence-corrected chi connectivity index (χ4v) is 4.04. The number of piperidine rings is 1. The van der Waals surface area contributed by atoms with E-state index in [1.165, 1.54) is 51.5 Å². The maximum absolute atomic E-state index is 6.30. The fourth-order valence-electron chi connectivity index (χ4n) is 4.04. The van der Waals surface area contributed by atoms with Gasteiger partial charge < -0.3 is 5.73 Å². The lowest BCUT2D eigenvalue weighted by Crippen LogP contribution is -2.52. The van der Waals surface area contributed by atoms with Gasteiger partial charge in [-0.1, -0.05) is 40.0 Å². The van der Waals surface area contributed by atoms with Gasteiger partial charge in [0.1, 0.15) is 0 Å². The Bertz CT molecular complexity index is 250. The lowest BCUT2D eigenvalue weighted by molar-refractivity contribution is 0.0714. The Kier molecular flexibility index (Phi) is 4.71. The zero-order valence-electron chi connectivity index (χ0n) is 12.6. The molecule has 2 unspecified atom stereocenters. The molecule has 1 aliphatic carbocycles. The number of rotatable bonds is 2. The van der Waals surface area contributed by atoms with Crippen molar-refractivity contribution in [3.63, 3.8) is 0 Å². The number of likely N-dealkylation sites (tertiary alicyclic amines) is 1. The van der Waals surface area contributed by atoms with Crippen molar-refractivity contribution in [3.8, 4) is 0 Å². The summed E-state index contributed by atoms with van der Waals surface area (Å²) in [6.07, 6.45) is 9.69. The molecule has 1 saturated heterocycles. The van der Waals surface area contributed by atoms with E-state index in [1.807, 2.05) is 0 Å². The van der Waals surface area contributed by atoms with Crippen LogP contribution in [0.2, 0.25) is 0 Å². The van der Waals surface area contributed by atoms with Gasteiger partial charge in [0.05, 0.1) is 0 Å². The molecule has 2 aliphatic rings. The van der Waals surface area contributed by atoms with Crippen molar-refractivity contribution in [2.24, 2.45) is 17.1 Å². The topological polar surface area (TPSA) is 29.3 Å². The van der Waals surface area contributed by atoms with Crippen molar-refractivity contribution < 1.29 is 0 Å². The minimum Gasteiger partial charge on any atom is -0.327 e. The van der Waals surface area contributed by atoms with E-state index in [-0.39, 0.29) is 0 Å². The summed E-state index contributed by atoms with van der Waals surface area (Å²) in [6.45, 7) is 9.52. The van der Waals surface area contributed by atoms with E-state index in [4.69, 9.17) is 5.73 Å². The third-order valence-electron chi connectivity index (χ3n) is 4.59. The van der Waals surface area contributed by atoms with Gasteiger partial charge in [-0.25, -0.2) is 0 Å². The lowest BCUT2D eigenvalue weighted by Gasteiger charge is -2.43. The molecular formula is C16H32N2. The minimum atomic E-state index is 0.410. The maximum Gasteiger partial charge on any atom is 0.0171 e. The molecule has 1 aliphatic heterocycles. The summed E-state index contributed by atoms with van der Waals surface area (Å²) in [5, 5.41) is 0. The molecule has 0 bridgehead atoms. The molecule has 0 radical (unpaired) electrons. The summed E-state index contributed by atoms with van der Waals surface area (Å²) in [5.74, 6) is 0.815. The Labute approximate surface area is 113 Å². The van der Waals surface area contributed by atoms with Gasteiger partial charge in [-0.15, -0.1) is 0 Å².